The van der Waals surface area contributed by atoms with E-state index in [0.717, 1.165) is 58.0 Å². The number of rotatable bonds is 8. The number of aliphatic imine (C=N–C) groups is 1. The van der Waals surface area contributed by atoms with Crippen molar-refractivity contribution in [2.45, 2.75) is 58.3 Å². The summed E-state index contributed by atoms with van der Waals surface area (Å²) in [5, 5.41) is 3.45. The number of ether oxygens (including phenoxy) is 1. The first-order chi connectivity index (χ1) is 12.1. The minimum atomic E-state index is -0.196. The molecule has 0 aromatic carbocycles. The number of nitrogens with zero attached hydrogens (tertiary/aromatic N) is 2. The highest BCUT2D eigenvalue weighted by Crippen LogP contribution is 2.41. The molecule has 0 spiro atoms. The lowest BCUT2D eigenvalue weighted by molar-refractivity contribution is -0.119. The van der Waals surface area contributed by atoms with E-state index in [2.05, 4.69) is 17.1 Å². The van der Waals surface area contributed by atoms with Crippen LogP contribution in [0.1, 0.15) is 58.3 Å². The van der Waals surface area contributed by atoms with E-state index in [9.17, 15) is 4.79 Å². The summed E-state index contributed by atoms with van der Waals surface area (Å²) in [5.41, 5.74) is 5.70. The highest BCUT2D eigenvalue weighted by Gasteiger charge is 2.34. The summed E-state index contributed by atoms with van der Waals surface area (Å²) in [6.45, 7) is 6.54. The first-order valence-electron chi connectivity index (χ1n) is 9.89. The topological polar surface area (TPSA) is 80.0 Å². The van der Waals surface area contributed by atoms with Gasteiger partial charge in [0.25, 0.3) is 0 Å². The summed E-state index contributed by atoms with van der Waals surface area (Å²) in [6, 6.07) is 0. The van der Waals surface area contributed by atoms with Crippen molar-refractivity contribution < 1.29 is 9.53 Å². The Morgan fingerprint density at radius 3 is 2.69 bits per heavy atom. The molecule has 1 aliphatic heterocycles. The van der Waals surface area contributed by atoms with Gasteiger partial charge in [-0.1, -0.05) is 12.8 Å². The Balaban J connectivity index is 0.00000338. The molecule has 1 atom stereocenters. The third kappa shape index (κ3) is 7.21. The van der Waals surface area contributed by atoms with Crippen LogP contribution in [0.2, 0.25) is 0 Å². The van der Waals surface area contributed by atoms with Gasteiger partial charge in [-0.05, 0) is 50.4 Å². The van der Waals surface area contributed by atoms with E-state index in [0.29, 0.717) is 17.8 Å². The zero-order valence-electron chi connectivity index (χ0n) is 16.5. The first-order valence-corrected chi connectivity index (χ1v) is 9.89. The third-order valence-corrected chi connectivity index (χ3v) is 5.71. The number of hydrogen-bond acceptors (Lipinski definition) is 3. The molecule has 152 valence electrons. The van der Waals surface area contributed by atoms with E-state index in [-0.39, 0.29) is 29.9 Å². The zero-order chi connectivity index (χ0) is 18.1. The van der Waals surface area contributed by atoms with Gasteiger partial charge >= 0.3 is 0 Å². The third-order valence-electron chi connectivity index (χ3n) is 5.71. The Morgan fingerprint density at radius 1 is 1.35 bits per heavy atom. The van der Waals surface area contributed by atoms with Crippen molar-refractivity contribution in [2.24, 2.45) is 22.1 Å². The van der Waals surface area contributed by atoms with Crippen LogP contribution in [-0.4, -0.2) is 56.7 Å². The predicted octanol–water partition coefficient (Wildman–Crippen LogP) is 2.75. The number of likely N-dealkylation sites (tertiary alicyclic amines) is 1. The van der Waals surface area contributed by atoms with E-state index >= 15 is 0 Å². The fourth-order valence-corrected chi connectivity index (χ4v) is 4.31. The summed E-state index contributed by atoms with van der Waals surface area (Å²) in [4.78, 5) is 18.6. The lowest BCUT2D eigenvalue weighted by Crippen LogP contribution is -2.47. The lowest BCUT2D eigenvalue weighted by Gasteiger charge is -2.35. The van der Waals surface area contributed by atoms with Gasteiger partial charge in [0.1, 0.15) is 0 Å². The molecule has 0 bridgehead atoms. The van der Waals surface area contributed by atoms with E-state index < -0.39 is 0 Å². The maximum absolute atomic E-state index is 11.3. The van der Waals surface area contributed by atoms with Gasteiger partial charge in [0.15, 0.2) is 5.96 Å². The summed E-state index contributed by atoms with van der Waals surface area (Å²) >= 11 is 0. The Bertz CT molecular complexity index is 453. The highest BCUT2D eigenvalue weighted by molar-refractivity contribution is 14.0. The van der Waals surface area contributed by atoms with Crippen LogP contribution < -0.4 is 11.1 Å². The van der Waals surface area contributed by atoms with Gasteiger partial charge < -0.3 is 20.7 Å². The largest absolute Gasteiger partial charge is 0.385 e. The lowest BCUT2D eigenvalue weighted by atomic mass is 9.83. The quantitative estimate of drug-likeness (QED) is 0.318. The molecule has 3 N–H and O–H groups in total. The monoisotopic (exact) mass is 480 g/mol. The van der Waals surface area contributed by atoms with Gasteiger partial charge in [-0.25, -0.2) is 0 Å². The average Bonchev–Trinajstić information content (AvgIpc) is 3.05. The zero-order valence-corrected chi connectivity index (χ0v) is 18.8. The smallest absolute Gasteiger partial charge is 0.217 e. The fourth-order valence-electron chi connectivity index (χ4n) is 4.31. The van der Waals surface area contributed by atoms with Gasteiger partial charge in [0.2, 0.25) is 5.91 Å². The molecule has 6 nitrogen and oxygen atoms in total. The highest BCUT2D eigenvalue weighted by atomic mass is 127. The standard InChI is InChI=1S/C19H36N4O2.HI/c1-3-21-18(23-11-6-7-16(14-23)13-17(20)24)22-15-19(10-12-25-2)8-4-5-9-19;/h16H,3-15H2,1-2H3,(H2,20,24)(H,21,22);1H. The number of hydrogen-bond donors (Lipinski definition) is 2. The van der Waals surface area contributed by atoms with Gasteiger partial charge in [-0.2, -0.15) is 0 Å². The molecule has 0 radical (unpaired) electrons. The van der Waals surface area contributed by atoms with Crippen LogP contribution in [0.4, 0.5) is 0 Å². The Morgan fingerprint density at radius 2 is 2.08 bits per heavy atom. The van der Waals surface area contributed by atoms with Crippen LogP contribution in [-0.2, 0) is 9.53 Å². The molecule has 0 aromatic rings. The molecule has 1 heterocycles. The number of halogens is 1. The predicted molar refractivity (Wildman–Crippen MR) is 117 cm³/mol. The van der Waals surface area contributed by atoms with Crippen molar-refractivity contribution in [2.75, 3.05) is 39.9 Å². The Hall–Kier alpha value is -0.570. The molecule has 1 aliphatic carbocycles. The molecule has 1 amide bonds. The van der Waals surface area contributed by atoms with Crippen molar-refractivity contribution in [3.05, 3.63) is 0 Å². The van der Waals surface area contributed by atoms with Crippen molar-refractivity contribution in [1.82, 2.24) is 10.2 Å². The van der Waals surface area contributed by atoms with E-state index in [1.165, 1.54) is 25.7 Å². The summed E-state index contributed by atoms with van der Waals surface area (Å²) in [5.74, 6) is 1.16. The minimum Gasteiger partial charge on any atom is -0.385 e. The second kappa shape index (κ2) is 12.0. The van der Waals surface area contributed by atoms with Crippen LogP contribution in [0.15, 0.2) is 4.99 Å². The van der Waals surface area contributed by atoms with Crippen molar-refractivity contribution in [1.29, 1.82) is 0 Å². The molecule has 7 heteroatoms. The molecule has 26 heavy (non-hydrogen) atoms. The van der Waals surface area contributed by atoms with Crippen LogP contribution in [0.5, 0.6) is 0 Å². The Kier molecular flexibility index (Phi) is 10.8. The van der Waals surface area contributed by atoms with Crippen LogP contribution in [0.25, 0.3) is 0 Å². The van der Waals surface area contributed by atoms with Gasteiger partial charge in [-0.3, -0.25) is 9.79 Å². The van der Waals surface area contributed by atoms with E-state index in [4.69, 9.17) is 15.5 Å². The number of carbonyl (C=O) groups is 1. The number of carbonyl (C=O) groups excluding carboxylic acids is 1. The number of nitrogens with two attached hydrogens (primary N) is 1. The van der Waals surface area contributed by atoms with Crippen LogP contribution >= 0.6 is 24.0 Å². The molecule has 2 fully saturated rings. The maximum Gasteiger partial charge on any atom is 0.217 e. The van der Waals surface area contributed by atoms with Gasteiger partial charge in [0, 0.05) is 46.3 Å². The minimum absolute atomic E-state index is 0. The maximum atomic E-state index is 11.3. The van der Waals surface area contributed by atoms with Gasteiger partial charge in [0.05, 0.1) is 0 Å². The number of primary amides is 1. The second-order valence-corrected chi connectivity index (χ2v) is 7.74. The molecular formula is C19H37IN4O2. The van der Waals surface area contributed by atoms with Crippen LogP contribution in [0, 0.1) is 11.3 Å². The van der Waals surface area contributed by atoms with Crippen molar-refractivity contribution in [3.63, 3.8) is 0 Å². The number of methoxy groups -OCH3 is 1. The number of nitrogens with one attached hydrogen (secondary N) is 1. The molecule has 0 aromatic heterocycles. The van der Waals surface area contributed by atoms with E-state index in [1.807, 2.05) is 0 Å². The summed E-state index contributed by atoms with van der Waals surface area (Å²) < 4.78 is 5.33. The number of amides is 1. The molecular weight excluding hydrogens is 443 g/mol. The summed E-state index contributed by atoms with van der Waals surface area (Å²) in [7, 11) is 1.78. The van der Waals surface area contributed by atoms with Crippen molar-refractivity contribution in [3.8, 4) is 0 Å². The summed E-state index contributed by atoms with van der Waals surface area (Å²) in [6.07, 6.45) is 8.87. The Labute approximate surface area is 175 Å². The molecule has 1 saturated carbocycles. The SMILES string of the molecule is CCNC(=NCC1(CCOC)CCCC1)N1CCCC(CC(N)=O)C1.I. The molecule has 1 unspecified atom stereocenters. The first kappa shape index (κ1) is 23.5. The normalized spacial score (nSPS) is 22.8. The van der Waals surface area contributed by atoms with Crippen molar-refractivity contribution >= 4 is 35.8 Å². The van der Waals surface area contributed by atoms with Crippen LogP contribution in [0.3, 0.4) is 0 Å². The number of piperidine rings is 1. The average molecular weight is 480 g/mol. The molecule has 2 aliphatic rings. The molecule has 2 rings (SSSR count). The number of guanidine groups is 1. The molecule has 1 saturated heterocycles. The van der Waals surface area contributed by atoms with E-state index in [1.54, 1.807) is 7.11 Å². The fraction of sp³-hybridized carbons (Fsp3) is 0.895. The second-order valence-electron chi connectivity index (χ2n) is 7.74. The van der Waals surface area contributed by atoms with Gasteiger partial charge in [-0.15, -0.1) is 24.0 Å².